The third-order valence-electron chi connectivity index (χ3n) is 3.69. The van der Waals surface area contributed by atoms with Gasteiger partial charge in [-0.1, -0.05) is 6.42 Å². The summed E-state index contributed by atoms with van der Waals surface area (Å²) in [7, 11) is 0. The second-order valence-electron chi connectivity index (χ2n) is 4.80. The predicted octanol–water partition coefficient (Wildman–Crippen LogP) is 1.94. The molecule has 0 spiro atoms. The molecule has 2 rings (SSSR count). The number of amides is 1. The summed E-state index contributed by atoms with van der Waals surface area (Å²) in [6.45, 7) is 0.0591. The Hall–Kier alpha value is -2.09. The number of nitro benzene ring substituents is 1. The van der Waals surface area contributed by atoms with Gasteiger partial charge in [0.25, 0.3) is 5.69 Å². The minimum atomic E-state index is -1.45. The molecule has 0 radical (unpaired) electrons. The first kappa shape index (κ1) is 14.3. The van der Waals surface area contributed by atoms with Crippen LogP contribution >= 0.6 is 0 Å². The van der Waals surface area contributed by atoms with Crippen molar-refractivity contribution in [2.24, 2.45) is 11.1 Å². The van der Waals surface area contributed by atoms with E-state index in [1.54, 1.807) is 0 Å². The summed E-state index contributed by atoms with van der Waals surface area (Å²) in [5, 5.41) is 12.9. The molecule has 1 aromatic carbocycles. The molecule has 1 aliphatic rings. The molecule has 0 atom stereocenters. The summed E-state index contributed by atoms with van der Waals surface area (Å²) in [6, 6.07) is 1.45. The third kappa shape index (κ3) is 2.22. The fourth-order valence-corrected chi connectivity index (χ4v) is 2.19. The zero-order chi connectivity index (χ0) is 14.9. The van der Waals surface area contributed by atoms with E-state index in [1.807, 2.05) is 0 Å². The summed E-state index contributed by atoms with van der Waals surface area (Å²) >= 11 is 0. The van der Waals surface area contributed by atoms with Gasteiger partial charge in [0.2, 0.25) is 5.91 Å². The lowest BCUT2D eigenvalue weighted by molar-refractivity contribution is -0.384. The van der Waals surface area contributed by atoms with E-state index in [2.05, 4.69) is 5.32 Å². The molecule has 0 aromatic heterocycles. The molecule has 108 valence electrons. The number of halogens is 2. The Bertz CT molecular complexity index is 568. The number of carbonyl (C=O) groups excluding carboxylic acids is 1. The van der Waals surface area contributed by atoms with Crippen molar-refractivity contribution in [1.82, 2.24) is 0 Å². The Kier molecular flexibility index (Phi) is 3.67. The van der Waals surface area contributed by atoms with Gasteiger partial charge >= 0.3 is 0 Å². The van der Waals surface area contributed by atoms with Crippen LogP contribution in [0.25, 0.3) is 0 Å². The van der Waals surface area contributed by atoms with Crippen molar-refractivity contribution in [2.75, 3.05) is 11.9 Å². The molecular weight excluding hydrogens is 272 g/mol. The first-order valence-electron chi connectivity index (χ1n) is 6.05. The summed E-state index contributed by atoms with van der Waals surface area (Å²) in [6.07, 6.45) is 1.86. The fourth-order valence-electron chi connectivity index (χ4n) is 2.19. The second-order valence-corrected chi connectivity index (χ2v) is 4.80. The SMILES string of the molecule is NCC1(C(=O)Nc2c([N+](=O)[O-])ccc(F)c2F)CCC1. The third-order valence-corrected chi connectivity index (χ3v) is 3.69. The van der Waals surface area contributed by atoms with Gasteiger partial charge in [0.05, 0.1) is 10.3 Å². The van der Waals surface area contributed by atoms with Gasteiger partial charge in [-0.05, 0) is 18.9 Å². The lowest BCUT2D eigenvalue weighted by Crippen LogP contribution is -2.47. The largest absolute Gasteiger partial charge is 0.329 e. The zero-order valence-corrected chi connectivity index (χ0v) is 10.5. The number of benzene rings is 1. The monoisotopic (exact) mass is 285 g/mol. The van der Waals surface area contributed by atoms with Crippen LogP contribution in [0.1, 0.15) is 19.3 Å². The normalized spacial score (nSPS) is 16.4. The van der Waals surface area contributed by atoms with E-state index in [0.717, 1.165) is 12.5 Å². The Morgan fingerprint density at radius 1 is 1.45 bits per heavy atom. The summed E-state index contributed by atoms with van der Waals surface area (Å²) < 4.78 is 26.8. The van der Waals surface area contributed by atoms with Crippen LogP contribution in [0.3, 0.4) is 0 Å². The van der Waals surface area contributed by atoms with Gasteiger partial charge in [-0.15, -0.1) is 0 Å². The number of nitro groups is 1. The van der Waals surface area contributed by atoms with Crippen molar-refractivity contribution in [3.8, 4) is 0 Å². The van der Waals surface area contributed by atoms with E-state index in [-0.39, 0.29) is 6.54 Å². The van der Waals surface area contributed by atoms with Gasteiger partial charge < -0.3 is 11.1 Å². The van der Waals surface area contributed by atoms with Crippen LogP contribution in [-0.2, 0) is 4.79 Å². The quantitative estimate of drug-likeness (QED) is 0.652. The van der Waals surface area contributed by atoms with Gasteiger partial charge in [-0.3, -0.25) is 14.9 Å². The molecule has 0 saturated heterocycles. The van der Waals surface area contributed by atoms with Crippen molar-refractivity contribution >= 4 is 17.3 Å². The molecule has 1 saturated carbocycles. The van der Waals surface area contributed by atoms with E-state index in [1.165, 1.54) is 0 Å². The van der Waals surface area contributed by atoms with Crippen LogP contribution in [0.4, 0.5) is 20.2 Å². The predicted molar refractivity (Wildman–Crippen MR) is 67.0 cm³/mol. The lowest BCUT2D eigenvalue weighted by Gasteiger charge is -2.38. The van der Waals surface area contributed by atoms with Crippen LogP contribution < -0.4 is 11.1 Å². The second kappa shape index (κ2) is 5.12. The number of carbonyl (C=O) groups is 1. The van der Waals surface area contributed by atoms with Crippen LogP contribution in [0, 0.1) is 27.2 Å². The van der Waals surface area contributed by atoms with E-state index < -0.39 is 39.3 Å². The number of hydrogen-bond acceptors (Lipinski definition) is 4. The summed E-state index contributed by atoms with van der Waals surface area (Å²) in [5.74, 6) is -3.32. The van der Waals surface area contributed by atoms with Crippen molar-refractivity contribution < 1.29 is 18.5 Å². The Morgan fingerprint density at radius 2 is 2.10 bits per heavy atom. The highest BCUT2D eigenvalue weighted by Crippen LogP contribution is 2.41. The summed E-state index contributed by atoms with van der Waals surface area (Å²) in [5.41, 5.74) is 3.24. The standard InChI is InChI=1S/C12H13F2N3O3/c13-7-2-3-8(17(19)20)10(9(7)14)16-11(18)12(6-15)4-1-5-12/h2-3H,1,4-6,15H2,(H,16,18). The highest BCUT2D eigenvalue weighted by Gasteiger charge is 2.43. The molecule has 1 aliphatic carbocycles. The molecule has 8 heteroatoms. The Labute approximate surface area is 113 Å². The number of nitrogens with zero attached hydrogens (tertiary/aromatic N) is 1. The molecule has 0 unspecified atom stereocenters. The van der Waals surface area contributed by atoms with Gasteiger partial charge in [0.15, 0.2) is 17.3 Å². The maximum Gasteiger partial charge on any atom is 0.296 e. The number of anilines is 1. The topological polar surface area (TPSA) is 98.3 Å². The molecule has 1 fully saturated rings. The number of nitrogens with two attached hydrogens (primary N) is 1. The molecule has 6 nitrogen and oxygen atoms in total. The molecule has 0 heterocycles. The average Bonchev–Trinajstić information content (AvgIpc) is 2.34. The molecular formula is C12H13F2N3O3. The van der Waals surface area contributed by atoms with E-state index in [0.29, 0.717) is 18.9 Å². The molecule has 0 bridgehead atoms. The molecule has 20 heavy (non-hydrogen) atoms. The average molecular weight is 285 g/mol. The first-order chi connectivity index (χ1) is 9.41. The van der Waals surface area contributed by atoms with Crippen LogP contribution in [0.15, 0.2) is 12.1 Å². The van der Waals surface area contributed by atoms with Crippen molar-refractivity contribution in [3.63, 3.8) is 0 Å². The van der Waals surface area contributed by atoms with Crippen LogP contribution in [0.5, 0.6) is 0 Å². The fraction of sp³-hybridized carbons (Fsp3) is 0.417. The van der Waals surface area contributed by atoms with Gasteiger partial charge in [-0.2, -0.15) is 0 Å². The number of nitrogens with one attached hydrogen (secondary N) is 1. The van der Waals surface area contributed by atoms with Gasteiger partial charge in [0, 0.05) is 12.6 Å². The smallest absolute Gasteiger partial charge is 0.296 e. The number of rotatable bonds is 4. The Morgan fingerprint density at radius 3 is 2.55 bits per heavy atom. The molecule has 1 amide bonds. The van der Waals surface area contributed by atoms with Crippen molar-refractivity contribution in [3.05, 3.63) is 33.9 Å². The van der Waals surface area contributed by atoms with Crippen LogP contribution in [-0.4, -0.2) is 17.4 Å². The highest BCUT2D eigenvalue weighted by atomic mass is 19.2. The minimum absolute atomic E-state index is 0.0591. The molecule has 1 aromatic rings. The first-order valence-corrected chi connectivity index (χ1v) is 6.05. The maximum absolute atomic E-state index is 13.7. The van der Waals surface area contributed by atoms with E-state index in [4.69, 9.17) is 5.73 Å². The summed E-state index contributed by atoms with van der Waals surface area (Å²) in [4.78, 5) is 22.0. The Balaban J connectivity index is 2.35. The van der Waals surface area contributed by atoms with Gasteiger partial charge in [-0.25, -0.2) is 8.78 Å². The van der Waals surface area contributed by atoms with Crippen LogP contribution in [0.2, 0.25) is 0 Å². The lowest BCUT2D eigenvalue weighted by atomic mass is 9.68. The molecule has 3 N–H and O–H groups in total. The minimum Gasteiger partial charge on any atom is -0.329 e. The highest BCUT2D eigenvalue weighted by molar-refractivity contribution is 5.98. The number of hydrogen-bond donors (Lipinski definition) is 2. The zero-order valence-electron chi connectivity index (χ0n) is 10.5. The van der Waals surface area contributed by atoms with E-state index >= 15 is 0 Å². The van der Waals surface area contributed by atoms with E-state index in [9.17, 15) is 23.7 Å². The maximum atomic E-state index is 13.7. The molecule has 0 aliphatic heterocycles. The van der Waals surface area contributed by atoms with Crippen molar-refractivity contribution in [2.45, 2.75) is 19.3 Å². The van der Waals surface area contributed by atoms with Crippen molar-refractivity contribution in [1.29, 1.82) is 0 Å². The van der Waals surface area contributed by atoms with Gasteiger partial charge in [0.1, 0.15) is 0 Å².